The molecule has 3 heterocycles. The second kappa shape index (κ2) is 11.8. The zero-order valence-electron chi connectivity index (χ0n) is 16.8. The first-order valence-electron chi connectivity index (χ1n) is 9.86. The molecule has 1 saturated heterocycles. The van der Waals surface area contributed by atoms with Crippen LogP contribution >= 0.6 is 35.3 Å². The highest BCUT2D eigenvalue weighted by molar-refractivity contribution is 14.0. The van der Waals surface area contributed by atoms with E-state index in [1.807, 2.05) is 25.3 Å². The summed E-state index contributed by atoms with van der Waals surface area (Å²) < 4.78 is 5.07. The molecule has 0 atom stereocenters. The van der Waals surface area contributed by atoms with Crippen molar-refractivity contribution in [1.82, 2.24) is 20.4 Å². The molecule has 158 valence electrons. The molecule has 1 aromatic rings. The zero-order chi connectivity index (χ0) is 19.1. The summed E-state index contributed by atoms with van der Waals surface area (Å²) in [5.74, 6) is 0.845. The monoisotopic (exact) mass is 521 g/mol. The third-order valence-corrected chi connectivity index (χ3v) is 6.22. The average Bonchev–Trinajstić information content (AvgIpc) is 3.15. The lowest BCUT2D eigenvalue weighted by Gasteiger charge is -2.32. The number of hydrogen-bond donors (Lipinski definition) is 2. The quantitative estimate of drug-likeness (QED) is 0.354. The lowest BCUT2D eigenvalue weighted by Crippen LogP contribution is -2.50. The normalized spacial score (nSPS) is 18.2. The third kappa shape index (κ3) is 6.48. The summed E-state index contributed by atoms with van der Waals surface area (Å²) in [6.07, 6.45) is 2.78. The van der Waals surface area contributed by atoms with Gasteiger partial charge >= 0.3 is 6.09 Å². The average molecular weight is 521 g/mol. The maximum atomic E-state index is 11.8. The first kappa shape index (κ1) is 23.2. The first-order valence-corrected chi connectivity index (χ1v) is 10.7. The lowest BCUT2D eigenvalue weighted by molar-refractivity contribution is 0.0963. The minimum absolute atomic E-state index is 0. The van der Waals surface area contributed by atoms with Crippen LogP contribution in [-0.2, 0) is 17.7 Å². The summed E-state index contributed by atoms with van der Waals surface area (Å²) in [6, 6.07) is 2.59. The maximum absolute atomic E-state index is 11.8. The van der Waals surface area contributed by atoms with E-state index in [0.29, 0.717) is 12.6 Å². The Kier molecular flexibility index (Phi) is 9.80. The number of guanidine groups is 1. The second-order valence-corrected chi connectivity index (χ2v) is 8.00. The number of hydrogen-bond acceptors (Lipinski definition) is 5. The second-order valence-electron chi connectivity index (χ2n) is 7.00. The fraction of sp³-hybridized carbons (Fsp3) is 0.684. The Hall–Kier alpha value is -1.07. The Morgan fingerprint density at radius 3 is 2.86 bits per heavy atom. The molecule has 0 bridgehead atoms. The van der Waals surface area contributed by atoms with E-state index in [2.05, 4.69) is 32.0 Å². The zero-order valence-corrected chi connectivity index (χ0v) is 19.9. The van der Waals surface area contributed by atoms with Crippen molar-refractivity contribution in [1.29, 1.82) is 0 Å². The maximum Gasteiger partial charge on any atom is 0.409 e. The summed E-state index contributed by atoms with van der Waals surface area (Å²) in [4.78, 5) is 22.0. The summed E-state index contributed by atoms with van der Waals surface area (Å²) in [5, 5.41) is 9.12. The van der Waals surface area contributed by atoms with Crippen LogP contribution in [0.5, 0.6) is 0 Å². The summed E-state index contributed by atoms with van der Waals surface area (Å²) in [7, 11) is 1.81. The van der Waals surface area contributed by atoms with Gasteiger partial charge in [0.05, 0.1) is 6.61 Å². The highest BCUT2D eigenvalue weighted by Crippen LogP contribution is 2.23. The molecule has 1 aromatic heterocycles. The number of rotatable bonds is 5. The van der Waals surface area contributed by atoms with Gasteiger partial charge in [0, 0.05) is 57.2 Å². The number of halogens is 1. The number of aliphatic imine (C=N–C) groups is 1. The van der Waals surface area contributed by atoms with E-state index in [4.69, 9.17) is 4.74 Å². The molecule has 3 rings (SSSR count). The largest absolute Gasteiger partial charge is 0.450 e. The third-order valence-electron chi connectivity index (χ3n) is 5.19. The molecule has 2 N–H and O–H groups in total. The van der Waals surface area contributed by atoms with Crippen molar-refractivity contribution in [3.05, 3.63) is 21.9 Å². The molecule has 9 heteroatoms. The van der Waals surface area contributed by atoms with Crippen molar-refractivity contribution in [3.8, 4) is 0 Å². The van der Waals surface area contributed by atoms with Gasteiger partial charge < -0.3 is 20.3 Å². The highest BCUT2D eigenvalue weighted by atomic mass is 127. The molecule has 1 amide bonds. The van der Waals surface area contributed by atoms with Gasteiger partial charge in [0.1, 0.15) is 0 Å². The first-order chi connectivity index (χ1) is 13.2. The highest BCUT2D eigenvalue weighted by Gasteiger charge is 2.24. The van der Waals surface area contributed by atoms with Crippen LogP contribution in [-0.4, -0.2) is 74.3 Å². The molecule has 0 aliphatic carbocycles. The Bertz CT molecular complexity index is 646. The van der Waals surface area contributed by atoms with Gasteiger partial charge in [-0.25, -0.2) is 4.79 Å². The van der Waals surface area contributed by atoms with Gasteiger partial charge in [-0.05, 0) is 43.2 Å². The van der Waals surface area contributed by atoms with Crippen molar-refractivity contribution in [2.45, 2.75) is 38.8 Å². The van der Waals surface area contributed by atoms with E-state index in [0.717, 1.165) is 58.1 Å². The number of ether oxygens (including phenoxy) is 1. The Labute approximate surface area is 188 Å². The standard InChI is InChI=1S/C19H31N5O2S.HI/c1-3-26-19(25)24-10-4-16(5-11-24)22-18(20-2)21-8-12-23-9-6-17-15(14-23)7-13-27-17;/h7,13,16H,3-6,8-12,14H2,1-2H3,(H2,20,21,22);1H. The SMILES string of the molecule is CCOC(=O)N1CCC(NC(=NC)NCCN2CCc3sccc3C2)CC1.I. The smallest absolute Gasteiger partial charge is 0.409 e. The van der Waals surface area contributed by atoms with Gasteiger partial charge in [0.25, 0.3) is 0 Å². The molecule has 2 aliphatic rings. The molecule has 0 saturated carbocycles. The fourth-order valence-corrected chi connectivity index (χ4v) is 4.53. The summed E-state index contributed by atoms with van der Waals surface area (Å²) >= 11 is 1.88. The number of nitrogens with zero attached hydrogens (tertiary/aromatic N) is 3. The molecule has 0 spiro atoms. The molecule has 0 aromatic carbocycles. The van der Waals surface area contributed by atoms with E-state index in [1.165, 1.54) is 12.0 Å². The van der Waals surface area contributed by atoms with Gasteiger partial charge in [-0.1, -0.05) is 0 Å². The van der Waals surface area contributed by atoms with Crippen molar-refractivity contribution < 1.29 is 9.53 Å². The van der Waals surface area contributed by atoms with Gasteiger partial charge in [-0.2, -0.15) is 0 Å². The predicted molar refractivity (Wildman–Crippen MR) is 125 cm³/mol. The lowest BCUT2D eigenvalue weighted by atomic mass is 10.1. The molecule has 28 heavy (non-hydrogen) atoms. The Balaban J connectivity index is 0.00000280. The number of piperidine rings is 1. The molecule has 0 unspecified atom stereocenters. The minimum Gasteiger partial charge on any atom is -0.450 e. The molecule has 0 radical (unpaired) electrons. The van der Waals surface area contributed by atoms with Gasteiger partial charge in [-0.15, -0.1) is 35.3 Å². The van der Waals surface area contributed by atoms with Crippen LogP contribution in [0.2, 0.25) is 0 Å². The number of carbonyl (C=O) groups excluding carboxylic acids is 1. The number of nitrogens with one attached hydrogen (secondary N) is 2. The molecule has 2 aliphatic heterocycles. The fourth-order valence-electron chi connectivity index (χ4n) is 3.64. The van der Waals surface area contributed by atoms with Crippen molar-refractivity contribution in [3.63, 3.8) is 0 Å². The van der Waals surface area contributed by atoms with Crippen molar-refractivity contribution >= 4 is 47.4 Å². The van der Waals surface area contributed by atoms with Gasteiger partial charge in [0.2, 0.25) is 0 Å². The van der Waals surface area contributed by atoms with Crippen molar-refractivity contribution in [2.75, 3.05) is 46.4 Å². The Morgan fingerprint density at radius 1 is 1.36 bits per heavy atom. The van der Waals surface area contributed by atoms with Gasteiger partial charge in [0.15, 0.2) is 5.96 Å². The Morgan fingerprint density at radius 2 is 2.14 bits per heavy atom. The van der Waals surface area contributed by atoms with Crippen molar-refractivity contribution in [2.24, 2.45) is 4.99 Å². The number of thiophene rings is 1. The van der Waals surface area contributed by atoms with Gasteiger partial charge in [-0.3, -0.25) is 9.89 Å². The topological polar surface area (TPSA) is 69.2 Å². The summed E-state index contributed by atoms with van der Waals surface area (Å²) in [5.41, 5.74) is 1.49. The molecule has 1 fully saturated rings. The summed E-state index contributed by atoms with van der Waals surface area (Å²) in [6.45, 7) is 7.79. The van der Waals surface area contributed by atoms with Crippen LogP contribution in [0.25, 0.3) is 0 Å². The number of likely N-dealkylation sites (tertiary alicyclic amines) is 1. The van der Waals surface area contributed by atoms with Crippen LogP contribution in [0.1, 0.15) is 30.2 Å². The van der Waals surface area contributed by atoms with Crippen LogP contribution in [0.3, 0.4) is 0 Å². The van der Waals surface area contributed by atoms with E-state index in [1.54, 1.807) is 9.78 Å². The molecular weight excluding hydrogens is 489 g/mol. The van der Waals surface area contributed by atoms with Crippen LogP contribution in [0.15, 0.2) is 16.4 Å². The van der Waals surface area contributed by atoms with E-state index in [9.17, 15) is 4.79 Å². The number of carbonyl (C=O) groups is 1. The molecular formula is C19H32IN5O2S. The van der Waals surface area contributed by atoms with Crippen LogP contribution in [0.4, 0.5) is 4.79 Å². The predicted octanol–water partition coefficient (Wildman–Crippen LogP) is 2.51. The van der Waals surface area contributed by atoms with E-state index < -0.39 is 0 Å². The van der Waals surface area contributed by atoms with Crippen LogP contribution in [0, 0.1) is 0 Å². The van der Waals surface area contributed by atoms with Crippen LogP contribution < -0.4 is 10.6 Å². The van der Waals surface area contributed by atoms with E-state index in [-0.39, 0.29) is 30.1 Å². The number of amides is 1. The molecule has 7 nitrogen and oxygen atoms in total. The number of fused-ring (bicyclic) bond motifs is 1. The minimum atomic E-state index is -0.200. The van der Waals surface area contributed by atoms with E-state index >= 15 is 0 Å².